The molecule has 1 atom stereocenters. The van der Waals surface area contributed by atoms with Gasteiger partial charge in [0, 0.05) is 4.88 Å². The number of carboxylic acid groups (broad SMARTS) is 1. The van der Waals surface area contributed by atoms with Crippen molar-refractivity contribution in [2.75, 3.05) is 0 Å². The molecular formula is C9H12O2S. The predicted molar refractivity (Wildman–Crippen MR) is 49.7 cm³/mol. The topological polar surface area (TPSA) is 37.3 Å². The molecule has 0 amide bonds. The van der Waals surface area contributed by atoms with Crippen LogP contribution in [-0.2, 0) is 4.79 Å². The van der Waals surface area contributed by atoms with Crippen molar-refractivity contribution in [1.82, 2.24) is 0 Å². The Bertz CT molecular complexity index is 278. The van der Waals surface area contributed by atoms with E-state index in [4.69, 9.17) is 5.11 Å². The lowest BCUT2D eigenvalue weighted by molar-refractivity contribution is -0.138. The van der Waals surface area contributed by atoms with Gasteiger partial charge in [-0.25, -0.2) is 0 Å². The fraction of sp³-hybridized carbons (Fsp3) is 0.444. The van der Waals surface area contributed by atoms with Gasteiger partial charge in [0.05, 0.1) is 5.92 Å². The van der Waals surface area contributed by atoms with Crippen LogP contribution in [0.5, 0.6) is 0 Å². The van der Waals surface area contributed by atoms with Gasteiger partial charge in [0.2, 0.25) is 0 Å². The van der Waals surface area contributed by atoms with Crippen LogP contribution in [0.2, 0.25) is 0 Å². The monoisotopic (exact) mass is 184 g/mol. The summed E-state index contributed by atoms with van der Waals surface area (Å²) in [5, 5.41) is 10.8. The Balaban J connectivity index is 2.94. The molecule has 0 radical (unpaired) electrons. The Labute approximate surface area is 75.9 Å². The first-order valence-electron chi connectivity index (χ1n) is 3.93. The molecule has 1 aromatic heterocycles. The van der Waals surface area contributed by atoms with Crippen molar-refractivity contribution >= 4 is 17.3 Å². The van der Waals surface area contributed by atoms with Crippen LogP contribution >= 0.6 is 11.3 Å². The average molecular weight is 184 g/mol. The van der Waals surface area contributed by atoms with Crippen LogP contribution in [0.15, 0.2) is 11.4 Å². The van der Waals surface area contributed by atoms with E-state index in [1.807, 2.05) is 25.3 Å². The number of hydrogen-bond acceptors (Lipinski definition) is 2. The first-order valence-corrected chi connectivity index (χ1v) is 4.81. The van der Waals surface area contributed by atoms with Crippen molar-refractivity contribution in [2.24, 2.45) is 0 Å². The molecule has 0 aromatic carbocycles. The Morgan fingerprint density at radius 2 is 2.42 bits per heavy atom. The van der Waals surface area contributed by atoms with E-state index in [2.05, 4.69) is 0 Å². The van der Waals surface area contributed by atoms with E-state index >= 15 is 0 Å². The predicted octanol–water partition coefficient (Wildman–Crippen LogP) is 2.63. The van der Waals surface area contributed by atoms with Crippen LogP contribution in [-0.4, -0.2) is 11.1 Å². The third kappa shape index (κ3) is 1.67. The van der Waals surface area contributed by atoms with E-state index in [-0.39, 0.29) is 5.92 Å². The van der Waals surface area contributed by atoms with E-state index < -0.39 is 5.97 Å². The van der Waals surface area contributed by atoms with Gasteiger partial charge in [-0.2, -0.15) is 0 Å². The van der Waals surface area contributed by atoms with Gasteiger partial charge in [0.1, 0.15) is 0 Å². The smallest absolute Gasteiger partial charge is 0.310 e. The van der Waals surface area contributed by atoms with Crippen molar-refractivity contribution in [3.63, 3.8) is 0 Å². The number of carboxylic acids is 1. The minimum atomic E-state index is -0.723. The molecule has 1 unspecified atom stereocenters. The van der Waals surface area contributed by atoms with E-state index in [9.17, 15) is 4.79 Å². The Hall–Kier alpha value is -0.830. The summed E-state index contributed by atoms with van der Waals surface area (Å²) in [6.07, 6.45) is 0.660. The molecule has 1 heterocycles. The largest absolute Gasteiger partial charge is 0.481 e. The summed E-state index contributed by atoms with van der Waals surface area (Å²) in [7, 11) is 0. The highest BCUT2D eigenvalue weighted by atomic mass is 32.1. The number of rotatable bonds is 3. The standard InChI is InChI=1S/C9H12O2S/c1-3-7(9(10)11)8-4-5-12-6(8)2/h4-5,7H,3H2,1-2H3,(H,10,11). The molecule has 0 fully saturated rings. The van der Waals surface area contributed by atoms with E-state index in [0.29, 0.717) is 6.42 Å². The third-order valence-corrected chi connectivity index (χ3v) is 2.84. The van der Waals surface area contributed by atoms with Crippen molar-refractivity contribution in [3.05, 3.63) is 21.9 Å². The number of aryl methyl sites for hydroxylation is 1. The molecule has 3 heteroatoms. The summed E-state index contributed by atoms with van der Waals surface area (Å²) in [6, 6.07) is 1.91. The molecule has 0 aliphatic carbocycles. The quantitative estimate of drug-likeness (QED) is 0.784. The molecule has 1 N–H and O–H groups in total. The molecule has 2 nitrogen and oxygen atoms in total. The normalized spacial score (nSPS) is 12.8. The minimum absolute atomic E-state index is 0.323. The lowest BCUT2D eigenvalue weighted by Gasteiger charge is -2.08. The van der Waals surface area contributed by atoms with Gasteiger partial charge in [-0.3, -0.25) is 4.79 Å². The molecule has 66 valence electrons. The van der Waals surface area contributed by atoms with Crippen molar-refractivity contribution in [2.45, 2.75) is 26.2 Å². The fourth-order valence-electron chi connectivity index (χ4n) is 1.28. The van der Waals surface area contributed by atoms with Crippen LogP contribution < -0.4 is 0 Å². The summed E-state index contributed by atoms with van der Waals surface area (Å²) in [4.78, 5) is 11.9. The van der Waals surface area contributed by atoms with E-state index in [1.165, 1.54) is 0 Å². The molecular weight excluding hydrogens is 172 g/mol. The van der Waals surface area contributed by atoms with Crippen LogP contribution in [0.1, 0.15) is 29.7 Å². The van der Waals surface area contributed by atoms with Gasteiger partial charge in [0.15, 0.2) is 0 Å². The minimum Gasteiger partial charge on any atom is -0.481 e. The van der Waals surface area contributed by atoms with E-state index in [0.717, 1.165) is 10.4 Å². The van der Waals surface area contributed by atoms with Crippen LogP contribution in [0.4, 0.5) is 0 Å². The molecule has 1 aromatic rings. The second-order valence-electron chi connectivity index (χ2n) is 2.73. The molecule has 0 saturated heterocycles. The first-order chi connectivity index (χ1) is 5.66. The summed E-state index contributed by atoms with van der Waals surface area (Å²) >= 11 is 1.60. The van der Waals surface area contributed by atoms with E-state index in [1.54, 1.807) is 11.3 Å². The maximum Gasteiger partial charge on any atom is 0.310 e. The number of thiophene rings is 1. The Morgan fingerprint density at radius 3 is 2.75 bits per heavy atom. The molecule has 0 spiro atoms. The second-order valence-corrected chi connectivity index (χ2v) is 3.85. The van der Waals surface area contributed by atoms with Gasteiger partial charge >= 0.3 is 5.97 Å². The van der Waals surface area contributed by atoms with Crippen molar-refractivity contribution in [1.29, 1.82) is 0 Å². The maximum absolute atomic E-state index is 10.8. The molecule has 0 aliphatic heterocycles. The zero-order valence-corrected chi connectivity index (χ0v) is 8.02. The molecule has 0 saturated carbocycles. The van der Waals surface area contributed by atoms with Crippen LogP contribution in [0, 0.1) is 6.92 Å². The molecule has 1 rings (SSSR count). The summed E-state index contributed by atoms with van der Waals surface area (Å²) < 4.78 is 0. The van der Waals surface area contributed by atoms with Gasteiger partial charge in [-0.15, -0.1) is 11.3 Å². The lowest BCUT2D eigenvalue weighted by atomic mass is 9.98. The van der Waals surface area contributed by atoms with Crippen molar-refractivity contribution in [3.8, 4) is 0 Å². The lowest BCUT2D eigenvalue weighted by Crippen LogP contribution is -2.10. The highest BCUT2D eigenvalue weighted by Crippen LogP contribution is 2.26. The number of hydrogen-bond donors (Lipinski definition) is 1. The van der Waals surface area contributed by atoms with Gasteiger partial charge in [-0.1, -0.05) is 6.92 Å². The SMILES string of the molecule is CCC(C(=O)O)c1ccsc1C. The molecule has 12 heavy (non-hydrogen) atoms. The van der Waals surface area contributed by atoms with Crippen LogP contribution in [0.3, 0.4) is 0 Å². The number of aliphatic carboxylic acids is 1. The summed E-state index contributed by atoms with van der Waals surface area (Å²) in [6.45, 7) is 3.86. The zero-order chi connectivity index (χ0) is 9.14. The summed E-state index contributed by atoms with van der Waals surface area (Å²) in [5.74, 6) is -1.05. The van der Waals surface area contributed by atoms with Gasteiger partial charge in [0.25, 0.3) is 0 Å². The maximum atomic E-state index is 10.8. The van der Waals surface area contributed by atoms with Gasteiger partial charge < -0.3 is 5.11 Å². The zero-order valence-electron chi connectivity index (χ0n) is 7.20. The molecule has 0 bridgehead atoms. The number of carbonyl (C=O) groups is 1. The third-order valence-electron chi connectivity index (χ3n) is 1.98. The Morgan fingerprint density at radius 1 is 1.75 bits per heavy atom. The average Bonchev–Trinajstić information content (AvgIpc) is 2.38. The molecule has 0 aliphatic rings. The van der Waals surface area contributed by atoms with Crippen LogP contribution in [0.25, 0.3) is 0 Å². The van der Waals surface area contributed by atoms with Crippen molar-refractivity contribution < 1.29 is 9.90 Å². The highest BCUT2D eigenvalue weighted by Gasteiger charge is 2.19. The highest BCUT2D eigenvalue weighted by molar-refractivity contribution is 7.10. The Kier molecular flexibility index (Phi) is 2.87. The van der Waals surface area contributed by atoms with Gasteiger partial charge in [-0.05, 0) is 30.4 Å². The second kappa shape index (κ2) is 3.72. The summed E-state index contributed by atoms with van der Waals surface area (Å²) in [5.41, 5.74) is 0.968. The fourth-order valence-corrected chi connectivity index (χ4v) is 2.05. The first kappa shape index (κ1) is 9.26.